The van der Waals surface area contributed by atoms with Gasteiger partial charge >= 0.3 is 6.18 Å². The average molecular weight is 366 g/mol. The van der Waals surface area contributed by atoms with E-state index in [0.717, 1.165) is 17.9 Å². The Morgan fingerprint density at radius 3 is 2.73 bits per heavy atom. The number of hydrazine groups is 1. The summed E-state index contributed by atoms with van der Waals surface area (Å²) in [6.07, 6.45) is -2.52. The molecule has 4 nitrogen and oxygen atoms in total. The van der Waals surface area contributed by atoms with Gasteiger partial charge in [-0.05, 0) is 34.9 Å². The Morgan fingerprint density at radius 1 is 1.27 bits per heavy atom. The number of rotatable bonds is 6. The highest BCUT2D eigenvalue weighted by molar-refractivity contribution is 5.87. The Balaban J connectivity index is 1.98. The van der Waals surface area contributed by atoms with Crippen LogP contribution in [-0.4, -0.2) is 30.2 Å². The highest BCUT2D eigenvalue weighted by Crippen LogP contribution is 2.41. The zero-order valence-electron chi connectivity index (χ0n) is 14.5. The first-order chi connectivity index (χ1) is 12.4. The molecule has 1 heterocycles. The van der Waals surface area contributed by atoms with Gasteiger partial charge in [0.1, 0.15) is 5.75 Å². The number of nitrogens with one attached hydrogen (secondary N) is 1. The maximum Gasteiger partial charge on any atom is 0.409 e. The molecule has 2 aromatic rings. The van der Waals surface area contributed by atoms with Gasteiger partial charge in [0.15, 0.2) is 6.04 Å². The molecule has 1 fully saturated rings. The number of carbonyl (C=O) groups excluding carboxylic acids is 1. The molecule has 0 aromatic heterocycles. The van der Waals surface area contributed by atoms with Gasteiger partial charge < -0.3 is 4.74 Å². The van der Waals surface area contributed by atoms with Crippen molar-refractivity contribution in [3.8, 4) is 5.75 Å². The number of hydrogen-bond acceptors (Lipinski definition) is 3. The van der Waals surface area contributed by atoms with Crippen molar-refractivity contribution in [2.24, 2.45) is 0 Å². The van der Waals surface area contributed by atoms with E-state index >= 15 is 0 Å². The van der Waals surface area contributed by atoms with Gasteiger partial charge in [0.25, 0.3) is 0 Å². The zero-order valence-corrected chi connectivity index (χ0v) is 14.5. The maximum absolute atomic E-state index is 13.8. The third-order valence-corrected chi connectivity index (χ3v) is 4.42. The molecule has 1 aliphatic heterocycles. The topological polar surface area (TPSA) is 41.6 Å². The highest BCUT2D eigenvalue weighted by Gasteiger charge is 2.47. The summed E-state index contributed by atoms with van der Waals surface area (Å²) in [6, 6.07) is 8.04. The highest BCUT2D eigenvalue weighted by atomic mass is 19.4. The Labute approximate surface area is 149 Å². The van der Waals surface area contributed by atoms with E-state index < -0.39 is 18.1 Å². The fraction of sp³-hybridized carbons (Fsp3) is 0.421. The molecule has 1 aliphatic rings. The van der Waals surface area contributed by atoms with Crippen LogP contribution in [0.1, 0.15) is 37.8 Å². The van der Waals surface area contributed by atoms with Crippen molar-refractivity contribution in [2.45, 2.75) is 38.4 Å². The molecule has 1 N–H and O–H groups in total. The second-order valence-corrected chi connectivity index (χ2v) is 6.35. The van der Waals surface area contributed by atoms with Crippen LogP contribution in [0.4, 0.5) is 13.2 Å². The number of hydrogen-bond donors (Lipinski definition) is 1. The van der Waals surface area contributed by atoms with E-state index in [1.54, 1.807) is 30.3 Å². The molecular weight excluding hydrogens is 345 g/mol. The van der Waals surface area contributed by atoms with E-state index in [0.29, 0.717) is 23.1 Å². The minimum absolute atomic E-state index is 0.0254. The predicted octanol–water partition coefficient (Wildman–Crippen LogP) is 4.36. The summed E-state index contributed by atoms with van der Waals surface area (Å²) >= 11 is 0. The lowest BCUT2D eigenvalue weighted by Gasteiger charge is -2.30. The van der Waals surface area contributed by atoms with E-state index in [-0.39, 0.29) is 18.5 Å². The molecule has 140 valence electrons. The molecule has 0 radical (unpaired) electrons. The lowest BCUT2D eigenvalue weighted by atomic mass is 9.97. The summed E-state index contributed by atoms with van der Waals surface area (Å²) in [4.78, 5) is 11.4. The van der Waals surface area contributed by atoms with E-state index in [1.165, 1.54) is 6.07 Å². The Bertz CT molecular complexity index is 792. The monoisotopic (exact) mass is 366 g/mol. The van der Waals surface area contributed by atoms with Gasteiger partial charge in [0.05, 0.1) is 6.61 Å². The van der Waals surface area contributed by atoms with Crippen LogP contribution in [0.3, 0.4) is 0 Å². The smallest absolute Gasteiger partial charge is 0.409 e. The molecule has 2 aromatic carbocycles. The summed E-state index contributed by atoms with van der Waals surface area (Å²) in [5.41, 5.74) is 2.44. The fourth-order valence-electron chi connectivity index (χ4n) is 3.16. The van der Waals surface area contributed by atoms with Crippen molar-refractivity contribution in [2.75, 3.05) is 13.2 Å². The van der Waals surface area contributed by atoms with Crippen LogP contribution in [0.2, 0.25) is 0 Å². The van der Waals surface area contributed by atoms with Crippen LogP contribution in [0, 0.1) is 0 Å². The molecule has 0 saturated carbocycles. The average Bonchev–Trinajstić information content (AvgIpc) is 3.00. The second-order valence-electron chi connectivity index (χ2n) is 6.35. The van der Waals surface area contributed by atoms with E-state index in [9.17, 15) is 18.0 Å². The largest absolute Gasteiger partial charge is 0.494 e. The molecule has 3 rings (SSSR count). The van der Waals surface area contributed by atoms with Gasteiger partial charge in [-0.2, -0.15) is 13.2 Å². The van der Waals surface area contributed by atoms with E-state index in [4.69, 9.17) is 4.74 Å². The minimum atomic E-state index is -4.51. The fourth-order valence-corrected chi connectivity index (χ4v) is 3.16. The maximum atomic E-state index is 13.8. The number of carbonyl (C=O) groups is 1. The third-order valence-electron chi connectivity index (χ3n) is 4.42. The normalized spacial score (nSPS) is 16.7. The van der Waals surface area contributed by atoms with Crippen molar-refractivity contribution in [3.05, 3.63) is 42.0 Å². The lowest BCUT2D eigenvalue weighted by molar-refractivity contribution is -0.190. The predicted molar refractivity (Wildman–Crippen MR) is 92.6 cm³/mol. The zero-order chi connectivity index (χ0) is 18.7. The molecule has 1 saturated heterocycles. The van der Waals surface area contributed by atoms with E-state index in [2.05, 4.69) is 12.3 Å². The van der Waals surface area contributed by atoms with Gasteiger partial charge in [-0.3, -0.25) is 10.2 Å². The number of alkyl halides is 3. The first kappa shape index (κ1) is 18.5. The molecule has 0 bridgehead atoms. The molecule has 0 spiro atoms. The van der Waals surface area contributed by atoms with Gasteiger partial charge in [-0.15, -0.1) is 0 Å². The van der Waals surface area contributed by atoms with Gasteiger partial charge in [-0.25, -0.2) is 5.01 Å². The summed E-state index contributed by atoms with van der Waals surface area (Å²) in [6.45, 7) is 2.66. The number of benzene rings is 2. The lowest BCUT2D eigenvalue weighted by Crippen LogP contribution is -2.43. The molecule has 0 unspecified atom stereocenters. The van der Waals surface area contributed by atoms with Crippen LogP contribution in [-0.2, 0) is 4.79 Å². The molecular formula is C19H21F3N2O2. The van der Waals surface area contributed by atoms with Crippen LogP contribution < -0.4 is 10.2 Å². The number of amides is 1. The SMILES string of the molecule is CCCCOc1ccc2c([C@H](N3CCC(=O)N3)C(F)(F)F)cccc2c1. The third kappa shape index (κ3) is 3.93. The Kier molecular flexibility index (Phi) is 5.36. The number of unbranched alkanes of at least 4 members (excludes halogenated alkanes) is 1. The molecule has 0 aliphatic carbocycles. The van der Waals surface area contributed by atoms with Gasteiger partial charge in [0.2, 0.25) is 5.91 Å². The van der Waals surface area contributed by atoms with Crippen LogP contribution in [0.15, 0.2) is 36.4 Å². The number of ether oxygens (including phenoxy) is 1. The number of halogens is 3. The van der Waals surface area contributed by atoms with Crippen molar-refractivity contribution in [3.63, 3.8) is 0 Å². The second kappa shape index (κ2) is 7.53. The van der Waals surface area contributed by atoms with Crippen molar-refractivity contribution in [1.29, 1.82) is 0 Å². The summed E-state index contributed by atoms with van der Waals surface area (Å²) in [5.74, 6) is 0.243. The van der Waals surface area contributed by atoms with E-state index in [1.807, 2.05) is 0 Å². The van der Waals surface area contributed by atoms with Crippen LogP contribution >= 0.6 is 0 Å². The van der Waals surface area contributed by atoms with Crippen molar-refractivity contribution >= 4 is 16.7 Å². The van der Waals surface area contributed by atoms with Crippen molar-refractivity contribution < 1.29 is 22.7 Å². The Hall–Kier alpha value is -2.28. The summed E-state index contributed by atoms with van der Waals surface area (Å²) in [7, 11) is 0. The molecule has 1 amide bonds. The first-order valence-electron chi connectivity index (χ1n) is 8.68. The minimum Gasteiger partial charge on any atom is -0.494 e. The van der Waals surface area contributed by atoms with Crippen LogP contribution in [0.5, 0.6) is 5.75 Å². The van der Waals surface area contributed by atoms with Gasteiger partial charge in [0, 0.05) is 13.0 Å². The standard InChI is InChI=1S/C19H21F3N2O2/c1-2-3-11-26-14-7-8-15-13(12-14)5-4-6-16(15)18(19(20,21)22)24-10-9-17(25)23-24/h4-8,12,18H,2-3,9-11H2,1H3,(H,23,25)/t18-/m0/s1. The first-order valence-corrected chi connectivity index (χ1v) is 8.68. The Morgan fingerprint density at radius 2 is 2.08 bits per heavy atom. The molecule has 1 atom stereocenters. The van der Waals surface area contributed by atoms with Crippen molar-refractivity contribution in [1.82, 2.24) is 10.4 Å². The number of nitrogens with zero attached hydrogens (tertiary/aromatic N) is 1. The summed E-state index contributed by atoms with van der Waals surface area (Å²) in [5, 5.41) is 2.15. The molecule has 26 heavy (non-hydrogen) atoms. The van der Waals surface area contributed by atoms with Gasteiger partial charge in [-0.1, -0.05) is 37.6 Å². The molecule has 7 heteroatoms. The van der Waals surface area contributed by atoms with Crippen LogP contribution in [0.25, 0.3) is 10.8 Å². The quantitative estimate of drug-likeness (QED) is 0.773. The summed E-state index contributed by atoms with van der Waals surface area (Å²) < 4.78 is 47.0. The number of fused-ring (bicyclic) bond motifs is 1.